The highest BCUT2D eigenvalue weighted by atomic mass is 35.5. The lowest BCUT2D eigenvalue weighted by molar-refractivity contribution is -0.130. The summed E-state index contributed by atoms with van der Waals surface area (Å²) in [6, 6.07) is 13.4. The first-order chi connectivity index (χ1) is 12.6. The Balaban J connectivity index is 1.70. The zero-order chi connectivity index (χ0) is 18.5. The van der Waals surface area contributed by atoms with Gasteiger partial charge in [0.25, 0.3) is 0 Å². The molecule has 0 spiro atoms. The SMILES string of the molecule is CCN(Cc1cccc2c1OCCO2)C(=O)C(C)Sc1ccc(Cl)cc1. The first kappa shape index (κ1) is 18.9. The van der Waals surface area contributed by atoms with Crippen molar-refractivity contribution in [3.8, 4) is 11.5 Å². The van der Waals surface area contributed by atoms with E-state index in [0.717, 1.165) is 22.0 Å². The highest BCUT2D eigenvalue weighted by Gasteiger charge is 2.23. The highest BCUT2D eigenvalue weighted by molar-refractivity contribution is 8.00. The fourth-order valence-corrected chi connectivity index (χ4v) is 3.91. The smallest absolute Gasteiger partial charge is 0.236 e. The van der Waals surface area contributed by atoms with Crippen molar-refractivity contribution in [2.75, 3.05) is 19.8 Å². The van der Waals surface area contributed by atoms with Crippen LogP contribution < -0.4 is 9.47 Å². The number of hydrogen-bond acceptors (Lipinski definition) is 4. The summed E-state index contributed by atoms with van der Waals surface area (Å²) in [5, 5.41) is 0.507. The molecule has 1 aliphatic heterocycles. The highest BCUT2D eigenvalue weighted by Crippen LogP contribution is 2.34. The quantitative estimate of drug-likeness (QED) is 0.672. The summed E-state index contributed by atoms with van der Waals surface area (Å²) in [7, 11) is 0. The van der Waals surface area contributed by atoms with Crippen LogP contribution in [0.15, 0.2) is 47.4 Å². The van der Waals surface area contributed by atoms with Crippen molar-refractivity contribution in [1.29, 1.82) is 0 Å². The fourth-order valence-electron chi connectivity index (χ4n) is 2.83. The molecule has 0 saturated heterocycles. The summed E-state index contributed by atoms with van der Waals surface area (Å²) in [6.45, 7) is 6.16. The zero-order valence-corrected chi connectivity index (χ0v) is 16.5. The van der Waals surface area contributed by atoms with Crippen LogP contribution in [0.1, 0.15) is 19.4 Å². The van der Waals surface area contributed by atoms with Crippen molar-refractivity contribution in [3.63, 3.8) is 0 Å². The van der Waals surface area contributed by atoms with E-state index in [4.69, 9.17) is 21.1 Å². The van der Waals surface area contributed by atoms with Crippen LogP contribution in [0.2, 0.25) is 5.02 Å². The molecule has 2 aromatic rings. The number of fused-ring (bicyclic) bond motifs is 1. The molecule has 0 aliphatic carbocycles. The first-order valence-corrected chi connectivity index (χ1v) is 9.92. The normalized spacial score (nSPS) is 14.0. The summed E-state index contributed by atoms with van der Waals surface area (Å²) >= 11 is 7.46. The topological polar surface area (TPSA) is 38.8 Å². The molecule has 1 aliphatic rings. The third kappa shape index (κ3) is 4.46. The molecule has 26 heavy (non-hydrogen) atoms. The van der Waals surface area contributed by atoms with Gasteiger partial charge in [0.05, 0.1) is 5.25 Å². The van der Waals surface area contributed by atoms with Gasteiger partial charge in [0, 0.05) is 28.6 Å². The minimum atomic E-state index is -0.187. The van der Waals surface area contributed by atoms with Crippen LogP contribution in [0.3, 0.4) is 0 Å². The largest absolute Gasteiger partial charge is 0.486 e. The molecule has 0 aromatic heterocycles. The molecule has 0 saturated carbocycles. The summed E-state index contributed by atoms with van der Waals surface area (Å²) in [5.74, 6) is 1.60. The number of hydrogen-bond donors (Lipinski definition) is 0. The molecule has 1 heterocycles. The number of rotatable bonds is 6. The molecular weight excluding hydrogens is 370 g/mol. The number of nitrogens with zero attached hydrogens (tertiary/aromatic N) is 1. The number of benzene rings is 2. The van der Waals surface area contributed by atoms with Crippen LogP contribution in [0.25, 0.3) is 0 Å². The van der Waals surface area contributed by atoms with Gasteiger partial charge >= 0.3 is 0 Å². The maximum atomic E-state index is 12.9. The molecule has 2 aromatic carbocycles. The molecule has 0 radical (unpaired) electrons. The number of carbonyl (C=O) groups is 1. The lowest BCUT2D eigenvalue weighted by atomic mass is 10.1. The first-order valence-electron chi connectivity index (χ1n) is 8.67. The molecule has 0 bridgehead atoms. The van der Waals surface area contributed by atoms with Gasteiger partial charge in [0.1, 0.15) is 13.2 Å². The number of amides is 1. The number of carbonyl (C=O) groups excluding carboxylic acids is 1. The summed E-state index contributed by atoms with van der Waals surface area (Å²) in [6.07, 6.45) is 0. The summed E-state index contributed by atoms with van der Waals surface area (Å²) in [5.41, 5.74) is 0.973. The summed E-state index contributed by atoms with van der Waals surface area (Å²) in [4.78, 5) is 15.8. The maximum Gasteiger partial charge on any atom is 0.236 e. The third-order valence-electron chi connectivity index (χ3n) is 4.18. The lowest BCUT2D eigenvalue weighted by Crippen LogP contribution is -2.36. The van der Waals surface area contributed by atoms with Crippen molar-refractivity contribution < 1.29 is 14.3 Å². The lowest BCUT2D eigenvalue weighted by Gasteiger charge is -2.27. The Morgan fingerprint density at radius 1 is 1.19 bits per heavy atom. The van der Waals surface area contributed by atoms with Gasteiger partial charge < -0.3 is 14.4 Å². The number of para-hydroxylation sites is 1. The van der Waals surface area contributed by atoms with E-state index in [1.54, 1.807) is 0 Å². The third-order valence-corrected chi connectivity index (χ3v) is 5.53. The fraction of sp³-hybridized carbons (Fsp3) is 0.350. The van der Waals surface area contributed by atoms with Crippen LogP contribution in [-0.2, 0) is 11.3 Å². The van der Waals surface area contributed by atoms with Crippen molar-refractivity contribution in [1.82, 2.24) is 4.90 Å². The maximum absolute atomic E-state index is 12.9. The Hall–Kier alpha value is -1.85. The molecule has 1 unspecified atom stereocenters. The van der Waals surface area contributed by atoms with E-state index in [-0.39, 0.29) is 11.2 Å². The van der Waals surface area contributed by atoms with E-state index in [0.29, 0.717) is 31.3 Å². The van der Waals surface area contributed by atoms with E-state index >= 15 is 0 Å². The van der Waals surface area contributed by atoms with E-state index in [1.807, 2.05) is 61.2 Å². The van der Waals surface area contributed by atoms with Crippen LogP contribution in [0, 0.1) is 0 Å². The molecule has 1 atom stereocenters. The summed E-state index contributed by atoms with van der Waals surface area (Å²) < 4.78 is 11.4. The van der Waals surface area contributed by atoms with Gasteiger partial charge in [0.2, 0.25) is 5.91 Å². The molecule has 0 fully saturated rings. The molecule has 1 amide bonds. The van der Waals surface area contributed by atoms with Crippen molar-refractivity contribution in [2.45, 2.75) is 30.5 Å². The zero-order valence-electron chi connectivity index (χ0n) is 14.9. The Kier molecular flexibility index (Phi) is 6.33. The van der Waals surface area contributed by atoms with E-state index in [9.17, 15) is 4.79 Å². The second kappa shape index (κ2) is 8.69. The van der Waals surface area contributed by atoms with Gasteiger partial charge in [0.15, 0.2) is 11.5 Å². The van der Waals surface area contributed by atoms with Gasteiger partial charge in [-0.15, -0.1) is 11.8 Å². The molecule has 0 N–H and O–H groups in total. The van der Waals surface area contributed by atoms with Gasteiger partial charge in [-0.2, -0.15) is 0 Å². The van der Waals surface area contributed by atoms with E-state index in [2.05, 4.69) is 0 Å². The Morgan fingerprint density at radius 3 is 2.65 bits per heavy atom. The van der Waals surface area contributed by atoms with Crippen molar-refractivity contribution in [3.05, 3.63) is 53.1 Å². The molecular formula is C20H22ClNO3S. The van der Waals surface area contributed by atoms with Gasteiger partial charge in [-0.3, -0.25) is 4.79 Å². The van der Waals surface area contributed by atoms with E-state index in [1.165, 1.54) is 11.8 Å². The van der Waals surface area contributed by atoms with Gasteiger partial charge in [-0.05, 0) is 44.2 Å². The number of ether oxygens (including phenoxy) is 2. The number of thioether (sulfide) groups is 1. The average Bonchev–Trinajstić information content (AvgIpc) is 2.67. The Bertz CT molecular complexity index is 766. The van der Waals surface area contributed by atoms with Crippen LogP contribution >= 0.6 is 23.4 Å². The number of halogens is 1. The second-order valence-electron chi connectivity index (χ2n) is 6.01. The van der Waals surface area contributed by atoms with Crippen LogP contribution in [-0.4, -0.2) is 35.8 Å². The minimum Gasteiger partial charge on any atom is -0.486 e. The van der Waals surface area contributed by atoms with Crippen LogP contribution in [0.4, 0.5) is 0 Å². The van der Waals surface area contributed by atoms with Gasteiger partial charge in [-0.25, -0.2) is 0 Å². The monoisotopic (exact) mass is 391 g/mol. The standard InChI is InChI=1S/C20H22ClNO3S/c1-3-22(13-15-5-4-6-18-19(15)25-12-11-24-18)20(23)14(2)26-17-9-7-16(21)8-10-17/h4-10,14H,3,11-13H2,1-2H3. The van der Waals surface area contributed by atoms with Crippen LogP contribution in [0.5, 0.6) is 11.5 Å². The minimum absolute atomic E-state index is 0.0989. The molecule has 138 valence electrons. The average molecular weight is 392 g/mol. The second-order valence-corrected chi connectivity index (χ2v) is 7.86. The van der Waals surface area contributed by atoms with Crippen molar-refractivity contribution in [2.24, 2.45) is 0 Å². The van der Waals surface area contributed by atoms with E-state index < -0.39 is 0 Å². The Labute approximate surface area is 163 Å². The molecule has 4 nitrogen and oxygen atoms in total. The predicted molar refractivity (Wildman–Crippen MR) is 105 cm³/mol. The molecule has 3 rings (SSSR count). The molecule has 6 heteroatoms. The van der Waals surface area contributed by atoms with Gasteiger partial charge in [-0.1, -0.05) is 23.7 Å². The van der Waals surface area contributed by atoms with Crippen molar-refractivity contribution >= 4 is 29.3 Å². The predicted octanol–water partition coefficient (Wildman–Crippen LogP) is 4.64. The Morgan fingerprint density at radius 2 is 1.92 bits per heavy atom.